The summed E-state index contributed by atoms with van der Waals surface area (Å²) in [6.07, 6.45) is 90.6. The number of carbonyl (C=O) groups excluding carboxylic acids is 1. The fourth-order valence-corrected chi connectivity index (χ4v) is 9.42. The molecule has 0 heterocycles. The number of hydrogen-bond acceptors (Lipinski definition) is 3. The Morgan fingerprint density at radius 1 is 0.352 bits per heavy atom. The van der Waals surface area contributed by atoms with Gasteiger partial charge in [0.15, 0.2) is 0 Å². The molecule has 0 aromatic rings. The quantitative estimate of drug-likeness (QED) is 0.0420. The average molecular weight is 989 g/mol. The predicted molar refractivity (Wildman–Crippen MR) is 317 cm³/mol. The first kappa shape index (κ1) is 68.6. The standard InChI is InChI=1S/C67H121NO3/c1-3-5-7-9-11-13-15-17-19-21-23-24-25-26-27-28-29-30-31-32-33-34-35-36-37-38-39-40-41-42-43-44-45-47-49-51-53-55-57-59-61-63-67(71)68-65(64-69)66(70)62-60-58-56-54-52-50-48-46-22-20-18-16-14-12-10-8-6-4-2/h5,7,11,13,17,19,23-24,26-27,29-30,60,62,65-66,69-70H,3-4,6,8-10,12,14-16,18,20-22,25,28,31-59,61,63-64H2,1-2H3,(H,68,71)/b7-5-,13-11-,19-17-,24-23-,27-26-,30-29-,62-60+. The van der Waals surface area contributed by atoms with E-state index in [-0.39, 0.29) is 12.5 Å². The number of aliphatic hydroxyl groups is 2. The lowest BCUT2D eigenvalue weighted by Crippen LogP contribution is -2.45. The molecule has 0 spiro atoms. The summed E-state index contributed by atoms with van der Waals surface area (Å²) in [7, 11) is 0. The van der Waals surface area contributed by atoms with E-state index in [1.807, 2.05) is 6.08 Å². The number of allylic oxidation sites excluding steroid dienone is 13. The van der Waals surface area contributed by atoms with Crippen molar-refractivity contribution in [3.8, 4) is 0 Å². The van der Waals surface area contributed by atoms with Crippen molar-refractivity contribution in [2.45, 2.75) is 328 Å². The van der Waals surface area contributed by atoms with Crippen LogP contribution < -0.4 is 5.32 Å². The molecule has 412 valence electrons. The van der Waals surface area contributed by atoms with Crippen LogP contribution in [0.5, 0.6) is 0 Å². The molecule has 0 rings (SSSR count). The van der Waals surface area contributed by atoms with Crippen molar-refractivity contribution in [1.29, 1.82) is 0 Å². The molecule has 0 aliphatic carbocycles. The van der Waals surface area contributed by atoms with Gasteiger partial charge in [-0.2, -0.15) is 0 Å². The Bertz CT molecular complexity index is 1260. The maximum atomic E-state index is 12.5. The van der Waals surface area contributed by atoms with Gasteiger partial charge < -0.3 is 15.5 Å². The van der Waals surface area contributed by atoms with Gasteiger partial charge in [-0.05, 0) is 70.6 Å². The number of rotatable bonds is 57. The zero-order valence-electron chi connectivity index (χ0n) is 47.5. The lowest BCUT2D eigenvalue weighted by molar-refractivity contribution is -0.123. The van der Waals surface area contributed by atoms with Crippen LogP contribution in [-0.4, -0.2) is 34.9 Å². The fourth-order valence-electron chi connectivity index (χ4n) is 9.42. The second kappa shape index (κ2) is 61.9. The van der Waals surface area contributed by atoms with E-state index < -0.39 is 12.1 Å². The number of unbranched alkanes of at least 4 members (excludes halogenated alkanes) is 38. The predicted octanol–water partition coefficient (Wildman–Crippen LogP) is 21.1. The van der Waals surface area contributed by atoms with E-state index in [9.17, 15) is 15.0 Å². The maximum absolute atomic E-state index is 12.5. The summed E-state index contributed by atoms with van der Waals surface area (Å²) >= 11 is 0. The minimum Gasteiger partial charge on any atom is -0.394 e. The summed E-state index contributed by atoms with van der Waals surface area (Å²) in [6, 6.07) is -0.623. The normalized spacial score (nSPS) is 13.4. The molecule has 0 aliphatic rings. The average Bonchev–Trinajstić information content (AvgIpc) is 3.37. The van der Waals surface area contributed by atoms with Crippen molar-refractivity contribution < 1.29 is 15.0 Å². The van der Waals surface area contributed by atoms with Crippen molar-refractivity contribution in [2.75, 3.05) is 6.61 Å². The highest BCUT2D eigenvalue weighted by Crippen LogP contribution is 2.17. The molecule has 2 atom stereocenters. The van der Waals surface area contributed by atoms with Crippen LogP contribution in [0.4, 0.5) is 0 Å². The zero-order valence-corrected chi connectivity index (χ0v) is 47.5. The molecule has 0 aliphatic heterocycles. The molecule has 0 saturated carbocycles. The number of amides is 1. The Morgan fingerprint density at radius 3 is 0.930 bits per heavy atom. The Labute approximate surface area is 443 Å². The molecule has 3 N–H and O–H groups in total. The van der Waals surface area contributed by atoms with Gasteiger partial charge in [-0.3, -0.25) is 4.79 Å². The number of carbonyl (C=O) groups is 1. The SMILES string of the molecule is CC/C=C\C/C=C\C/C=C\C/C=C\C/C=C\C/C=C\CCCCCCCCCCCCCCCCCCCCCCCCC(=O)NC(CO)C(O)/C=C/CCCCCCCCCCCCCCCCCC. The van der Waals surface area contributed by atoms with Gasteiger partial charge in [0.05, 0.1) is 18.8 Å². The molecular formula is C67H121NO3. The molecule has 71 heavy (non-hydrogen) atoms. The van der Waals surface area contributed by atoms with Crippen molar-refractivity contribution in [2.24, 2.45) is 0 Å². The van der Waals surface area contributed by atoms with Crippen LogP contribution in [0.25, 0.3) is 0 Å². The summed E-state index contributed by atoms with van der Waals surface area (Å²) in [4.78, 5) is 12.5. The summed E-state index contributed by atoms with van der Waals surface area (Å²) in [5.74, 6) is -0.0601. The lowest BCUT2D eigenvalue weighted by Gasteiger charge is -2.20. The van der Waals surface area contributed by atoms with Crippen molar-refractivity contribution in [3.05, 3.63) is 85.1 Å². The smallest absolute Gasteiger partial charge is 0.220 e. The molecular weight excluding hydrogens is 867 g/mol. The zero-order chi connectivity index (χ0) is 51.3. The molecule has 0 fully saturated rings. The molecule has 0 aromatic carbocycles. The summed E-state index contributed by atoms with van der Waals surface area (Å²) in [5.41, 5.74) is 0. The summed E-state index contributed by atoms with van der Waals surface area (Å²) < 4.78 is 0. The highest BCUT2D eigenvalue weighted by Gasteiger charge is 2.18. The summed E-state index contributed by atoms with van der Waals surface area (Å²) in [5, 5.41) is 23.2. The molecule has 4 nitrogen and oxygen atoms in total. The Kier molecular flexibility index (Phi) is 59.8. The van der Waals surface area contributed by atoms with E-state index in [1.54, 1.807) is 6.08 Å². The molecule has 2 unspecified atom stereocenters. The van der Waals surface area contributed by atoms with Crippen LogP contribution in [0.1, 0.15) is 316 Å². The fraction of sp³-hybridized carbons (Fsp3) is 0.776. The second-order valence-electron chi connectivity index (χ2n) is 21.1. The lowest BCUT2D eigenvalue weighted by atomic mass is 10.0. The first-order valence-electron chi connectivity index (χ1n) is 31.3. The largest absolute Gasteiger partial charge is 0.394 e. The van der Waals surface area contributed by atoms with E-state index in [0.29, 0.717) is 6.42 Å². The third kappa shape index (κ3) is 58.3. The highest BCUT2D eigenvalue weighted by molar-refractivity contribution is 5.76. The molecule has 1 amide bonds. The van der Waals surface area contributed by atoms with E-state index in [1.165, 1.54) is 231 Å². The van der Waals surface area contributed by atoms with E-state index in [0.717, 1.165) is 64.2 Å². The van der Waals surface area contributed by atoms with Crippen LogP contribution in [0.3, 0.4) is 0 Å². The number of hydrogen-bond donors (Lipinski definition) is 3. The van der Waals surface area contributed by atoms with Crippen molar-refractivity contribution >= 4 is 5.91 Å². The third-order valence-electron chi connectivity index (χ3n) is 14.1. The monoisotopic (exact) mass is 988 g/mol. The minimum absolute atomic E-state index is 0.0601. The topological polar surface area (TPSA) is 69.6 Å². The highest BCUT2D eigenvalue weighted by atomic mass is 16.3. The molecule has 0 radical (unpaired) electrons. The second-order valence-corrected chi connectivity index (χ2v) is 21.1. The third-order valence-corrected chi connectivity index (χ3v) is 14.1. The van der Waals surface area contributed by atoms with Gasteiger partial charge in [-0.25, -0.2) is 0 Å². The first-order valence-corrected chi connectivity index (χ1v) is 31.3. The Hall–Kier alpha value is -2.43. The van der Waals surface area contributed by atoms with Crippen LogP contribution in [-0.2, 0) is 4.79 Å². The van der Waals surface area contributed by atoms with Gasteiger partial charge in [0.1, 0.15) is 0 Å². The molecule has 0 saturated heterocycles. The van der Waals surface area contributed by atoms with Gasteiger partial charge in [0.2, 0.25) is 5.91 Å². The Morgan fingerprint density at radius 2 is 0.620 bits per heavy atom. The number of aliphatic hydroxyl groups excluding tert-OH is 2. The molecule has 4 heteroatoms. The Balaban J connectivity index is 3.44. The van der Waals surface area contributed by atoms with Gasteiger partial charge >= 0.3 is 0 Å². The van der Waals surface area contributed by atoms with Crippen LogP contribution >= 0.6 is 0 Å². The van der Waals surface area contributed by atoms with Crippen molar-refractivity contribution in [3.63, 3.8) is 0 Å². The maximum Gasteiger partial charge on any atom is 0.220 e. The van der Waals surface area contributed by atoms with E-state index in [4.69, 9.17) is 0 Å². The van der Waals surface area contributed by atoms with Gasteiger partial charge in [-0.1, -0.05) is 324 Å². The first-order chi connectivity index (χ1) is 35.2. The molecule has 0 bridgehead atoms. The van der Waals surface area contributed by atoms with Crippen molar-refractivity contribution in [1.82, 2.24) is 5.32 Å². The molecule has 0 aromatic heterocycles. The van der Waals surface area contributed by atoms with Gasteiger partial charge in [-0.15, -0.1) is 0 Å². The number of nitrogens with one attached hydrogen (secondary N) is 1. The van der Waals surface area contributed by atoms with Gasteiger partial charge in [0.25, 0.3) is 0 Å². The van der Waals surface area contributed by atoms with Crippen LogP contribution in [0, 0.1) is 0 Å². The van der Waals surface area contributed by atoms with E-state index >= 15 is 0 Å². The van der Waals surface area contributed by atoms with Crippen LogP contribution in [0.2, 0.25) is 0 Å². The minimum atomic E-state index is -0.840. The van der Waals surface area contributed by atoms with Gasteiger partial charge in [0, 0.05) is 6.42 Å². The van der Waals surface area contributed by atoms with Crippen LogP contribution in [0.15, 0.2) is 85.1 Å². The van der Waals surface area contributed by atoms with E-state index in [2.05, 4.69) is 92.1 Å². The summed E-state index contributed by atoms with van der Waals surface area (Å²) in [6.45, 7) is 4.21.